The zero-order valence-corrected chi connectivity index (χ0v) is 11.1. The molecule has 0 unspecified atom stereocenters. The molecule has 1 heterocycles. The lowest BCUT2D eigenvalue weighted by molar-refractivity contribution is -0.125. The first kappa shape index (κ1) is 13.2. The Morgan fingerprint density at radius 2 is 2.06 bits per heavy atom. The topological polar surface area (TPSA) is 58.6 Å². The summed E-state index contributed by atoms with van der Waals surface area (Å²) < 4.78 is 5.20. The van der Waals surface area contributed by atoms with Gasteiger partial charge in [0.1, 0.15) is 6.04 Å². The predicted octanol–water partition coefficient (Wildman–Crippen LogP) is 1.52. The average Bonchev–Trinajstić information content (AvgIpc) is 2.98. The SMILES string of the molecule is CC(C)COC(=O)N1CCC[C@@H]1C(=O)NC1CC1. The van der Waals surface area contributed by atoms with E-state index in [1.807, 2.05) is 13.8 Å². The number of amides is 2. The molecule has 1 atom stereocenters. The fourth-order valence-corrected chi connectivity index (χ4v) is 2.10. The molecule has 0 aromatic carbocycles. The molecule has 5 nitrogen and oxygen atoms in total. The third-order valence-corrected chi connectivity index (χ3v) is 3.25. The maximum absolute atomic E-state index is 12.0. The summed E-state index contributed by atoms with van der Waals surface area (Å²) >= 11 is 0. The van der Waals surface area contributed by atoms with Crippen molar-refractivity contribution >= 4 is 12.0 Å². The first-order valence-electron chi connectivity index (χ1n) is 6.81. The smallest absolute Gasteiger partial charge is 0.410 e. The summed E-state index contributed by atoms with van der Waals surface area (Å²) in [4.78, 5) is 25.4. The summed E-state index contributed by atoms with van der Waals surface area (Å²) in [7, 11) is 0. The molecule has 1 aliphatic heterocycles. The molecule has 102 valence electrons. The van der Waals surface area contributed by atoms with E-state index in [2.05, 4.69) is 5.32 Å². The molecule has 2 amide bonds. The number of hydrogen-bond donors (Lipinski definition) is 1. The van der Waals surface area contributed by atoms with Crippen molar-refractivity contribution < 1.29 is 14.3 Å². The minimum absolute atomic E-state index is 0.0171. The Kier molecular flexibility index (Phi) is 4.09. The van der Waals surface area contributed by atoms with Gasteiger partial charge < -0.3 is 10.1 Å². The summed E-state index contributed by atoms with van der Waals surface area (Å²) in [5.41, 5.74) is 0. The third-order valence-electron chi connectivity index (χ3n) is 3.25. The van der Waals surface area contributed by atoms with Crippen LogP contribution in [0.3, 0.4) is 0 Å². The summed E-state index contributed by atoms with van der Waals surface area (Å²) in [6.45, 7) is 5.02. The number of ether oxygens (including phenoxy) is 1. The van der Waals surface area contributed by atoms with Crippen molar-refractivity contribution in [1.82, 2.24) is 10.2 Å². The lowest BCUT2D eigenvalue weighted by atomic mass is 10.2. The van der Waals surface area contributed by atoms with Crippen molar-refractivity contribution in [3.63, 3.8) is 0 Å². The number of carbonyl (C=O) groups is 2. The van der Waals surface area contributed by atoms with Gasteiger partial charge in [0, 0.05) is 12.6 Å². The highest BCUT2D eigenvalue weighted by Gasteiger charge is 2.37. The summed E-state index contributed by atoms with van der Waals surface area (Å²) in [6.07, 6.45) is 3.40. The molecule has 0 radical (unpaired) electrons. The van der Waals surface area contributed by atoms with Crippen molar-refractivity contribution in [3.8, 4) is 0 Å². The lowest BCUT2D eigenvalue weighted by Gasteiger charge is -2.23. The number of hydrogen-bond acceptors (Lipinski definition) is 3. The second kappa shape index (κ2) is 5.59. The van der Waals surface area contributed by atoms with Crippen LogP contribution in [-0.4, -0.2) is 42.1 Å². The Balaban J connectivity index is 1.85. The first-order valence-corrected chi connectivity index (χ1v) is 6.81. The van der Waals surface area contributed by atoms with E-state index in [0.29, 0.717) is 25.1 Å². The maximum atomic E-state index is 12.0. The Morgan fingerprint density at radius 3 is 2.67 bits per heavy atom. The van der Waals surface area contributed by atoms with Gasteiger partial charge in [0.05, 0.1) is 6.61 Å². The normalized spacial score (nSPS) is 23.3. The Hall–Kier alpha value is -1.26. The highest BCUT2D eigenvalue weighted by Crippen LogP contribution is 2.22. The van der Waals surface area contributed by atoms with Crippen LogP contribution >= 0.6 is 0 Å². The van der Waals surface area contributed by atoms with Gasteiger partial charge in [-0.2, -0.15) is 0 Å². The Labute approximate surface area is 108 Å². The molecular weight excluding hydrogens is 232 g/mol. The second-order valence-corrected chi connectivity index (χ2v) is 5.61. The number of rotatable bonds is 4. The van der Waals surface area contributed by atoms with Gasteiger partial charge in [-0.15, -0.1) is 0 Å². The number of nitrogens with zero attached hydrogens (tertiary/aromatic N) is 1. The largest absolute Gasteiger partial charge is 0.449 e. The molecule has 1 aliphatic carbocycles. The van der Waals surface area contributed by atoms with E-state index in [9.17, 15) is 9.59 Å². The summed E-state index contributed by atoms with van der Waals surface area (Å²) in [6, 6.07) is 0.0110. The molecule has 1 saturated heterocycles. The van der Waals surface area contributed by atoms with Crippen molar-refractivity contribution in [1.29, 1.82) is 0 Å². The van der Waals surface area contributed by atoms with Gasteiger partial charge in [0.15, 0.2) is 0 Å². The van der Waals surface area contributed by atoms with E-state index in [0.717, 1.165) is 25.7 Å². The third kappa shape index (κ3) is 3.37. The molecule has 5 heteroatoms. The molecule has 1 N–H and O–H groups in total. The van der Waals surface area contributed by atoms with Crippen LogP contribution in [0.2, 0.25) is 0 Å². The lowest BCUT2D eigenvalue weighted by Crippen LogP contribution is -2.46. The average molecular weight is 254 g/mol. The molecule has 0 aromatic heterocycles. The monoisotopic (exact) mass is 254 g/mol. The van der Waals surface area contributed by atoms with Crippen LogP contribution in [0.5, 0.6) is 0 Å². The predicted molar refractivity (Wildman–Crippen MR) is 67.1 cm³/mol. The highest BCUT2D eigenvalue weighted by molar-refractivity contribution is 5.86. The second-order valence-electron chi connectivity index (χ2n) is 5.61. The molecule has 18 heavy (non-hydrogen) atoms. The van der Waals surface area contributed by atoms with Crippen molar-refractivity contribution in [3.05, 3.63) is 0 Å². The molecule has 1 saturated carbocycles. The number of carbonyl (C=O) groups excluding carboxylic acids is 2. The minimum Gasteiger partial charge on any atom is -0.449 e. The standard InChI is InChI=1S/C13H22N2O3/c1-9(2)8-18-13(17)15-7-3-4-11(15)12(16)14-10-5-6-10/h9-11H,3-8H2,1-2H3,(H,14,16)/t11-/m1/s1. The Morgan fingerprint density at radius 1 is 1.33 bits per heavy atom. The van der Waals surface area contributed by atoms with Crippen LogP contribution in [0.15, 0.2) is 0 Å². The van der Waals surface area contributed by atoms with Crippen LogP contribution in [0, 0.1) is 5.92 Å². The molecular formula is C13H22N2O3. The van der Waals surface area contributed by atoms with Gasteiger partial charge in [-0.1, -0.05) is 13.8 Å². The van der Waals surface area contributed by atoms with Crippen LogP contribution in [0.25, 0.3) is 0 Å². The van der Waals surface area contributed by atoms with E-state index in [1.54, 1.807) is 4.90 Å². The van der Waals surface area contributed by atoms with E-state index in [4.69, 9.17) is 4.74 Å². The molecule has 2 aliphatic rings. The van der Waals surface area contributed by atoms with E-state index in [-0.39, 0.29) is 18.0 Å². The van der Waals surface area contributed by atoms with Crippen molar-refractivity contribution in [2.45, 2.75) is 51.6 Å². The van der Waals surface area contributed by atoms with Gasteiger partial charge in [0.25, 0.3) is 0 Å². The van der Waals surface area contributed by atoms with Crippen LogP contribution < -0.4 is 5.32 Å². The number of likely N-dealkylation sites (tertiary alicyclic amines) is 1. The first-order chi connectivity index (χ1) is 8.58. The molecule has 0 bridgehead atoms. The van der Waals surface area contributed by atoms with Gasteiger partial charge in [-0.25, -0.2) is 4.79 Å². The van der Waals surface area contributed by atoms with Gasteiger partial charge in [-0.05, 0) is 31.6 Å². The molecule has 2 rings (SSSR count). The van der Waals surface area contributed by atoms with Crippen LogP contribution in [0.1, 0.15) is 39.5 Å². The summed E-state index contributed by atoms with van der Waals surface area (Å²) in [5.74, 6) is 0.298. The minimum atomic E-state index is -0.350. The fraction of sp³-hybridized carbons (Fsp3) is 0.846. The van der Waals surface area contributed by atoms with Gasteiger partial charge >= 0.3 is 6.09 Å². The van der Waals surface area contributed by atoms with Crippen LogP contribution in [-0.2, 0) is 9.53 Å². The zero-order valence-electron chi connectivity index (χ0n) is 11.1. The van der Waals surface area contributed by atoms with Crippen molar-refractivity contribution in [2.75, 3.05) is 13.2 Å². The summed E-state index contributed by atoms with van der Waals surface area (Å²) in [5, 5.41) is 2.96. The van der Waals surface area contributed by atoms with Crippen LogP contribution in [0.4, 0.5) is 4.79 Å². The van der Waals surface area contributed by atoms with E-state index in [1.165, 1.54) is 0 Å². The van der Waals surface area contributed by atoms with Crippen molar-refractivity contribution in [2.24, 2.45) is 5.92 Å². The van der Waals surface area contributed by atoms with E-state index < -0.39 is 0 Å². The zero-order chi connectivity index (χ0) is 13.1. The maximum Gasteiger partial charge on any atom is 0.410 e. The van der Waals surface area contributed by atoms with Gasteiger partial charge in [0.2, 0.25) is 5.91 Å². The Bertz CT molecular complexity index is 326. The quantitative estimate of drug-likeness (QED) is 0.827. The highest BCUT2D eigenvalue weighted by atomic mass is 16.6. The molecule has 0 spiro atoms. The molecule has 2 fully saturated rings. The van der Waals surface area contributed by atoms with Gasteiger partial charge in [-0.3, -0.25) is 9.69 Å². The molecule has 0 aromatic rings. The van der Waals surface area contributed by atoms with E-state index >= 15 is 0 Å². The fourth-order valence-electron chi connectivity index (χ4n) is 2.10. The number of nitrogens with one attached hydrogen (secondary N) is 1.